The second kappa shape index (κ2) is 2.90. The number of piperidine rings is 1. The Kier molecular flexibility index (Phi) is 1.86. The van der Waals surface area contributed by atoms with Crippen LogP contribution in [0.4, 0.5) is 4.79 Å². The molecular weight excluding hydrogens is 174 g/mol. The SMILES string of the molecule is O=C(O)CC1CCN2C[C@H]1OC2=O. The van der Waals surface area contributed by atoms with Crippen molar-refractivity contribution in [3.05, 3.63) is 0 Å². The van der Waals surface area contributed by atoms with Gasteiger partial charge in [0.1, 0.15) is 6.10 Å². The lowest BCUT2D eigenvalue weighted by Crippen LogP contribution is -2.37. The van der Waals surface area contributed by atoms with Crippen molar-refractivity contribution in [2.45, 2.75) is 18.9 Å². The Labute approximate surface area is 75.3 Å². The number of ether oxygens (including phenoxy) is 1. The number of rotatable bonds is 2. The fourth-order valence-electron chi connectivity index (χ4n) is 1.93. The van der Waals surface area contributed by atoms with E-state index >= 15 is 0 Å². The highest BCUT2D eigenvalue weighted by Gasteiger charge is 2.41. The molecule has 0 saturated carbocycles. The maximum atomic E-state index is 11.0. The van der Waals surface area contributed by atoms with E-state index in [1.165, 1.54) is 0 Å². The summed E-state index contributed by atoms with van der Waals surface area (Å²) in [5.41, 5.74) is 0. The fraction of sp³-hybridized carbons (Fsp3) is 0.750. The van der Waals surface area contributed by atoms with Crippen molar-refractivity contribution in [2.24, 2.45) is 5.92 Å². The van der Waals surface area contributed by atoms with Gasteiger partial charge in [0.25, 0.3) is 0 Å². The lowest BCUT2D eigenvalue weighted by atomic mass is 9.92. The molecule has 13 heavy (non-hydrogen) atoms. The van der Waals surface area contributed by atoms with Gasteiger partial charge < -0.3 is 14.7 Å². The second-order valence-corrected chi connectivity index (χ2v) is 3.51. The van der Waals surface area contributed by atoms with Gasteiger partial charge in [-0.1, -0.05) is 0 Å². The van der Waals surface area contributed by atoms with Crippen molar-refractivity contribution >= 4 is 12.1 Å². The summed E-state index contributed by atoms with van der Waals surface area (Å²) in [5, 5.41) is 8.60. The average molecular weight is 185 g/mol. The Morgan fingerprint density at radius 1 is 1.69 bits per heavy atom. The van der Waals surface area contributed by atoms with Crippen molar-refractivity contribution in [1.82, 2.24) is 4.90 Å². The number of fused-ring (bicyclic) bond motifs is 2. The molecule has 0 aromatic carbocycles. The van der Waals surface area contributed by atoms with E-state index in [2.05, 4.69) is 0 Å². The maximum Gasteiger partial charge on any atom is 0.410 e. The van der Waals surface area contributed by atoms with Gasteiger partial charge >= 0.3 is 12.1 Å². The molecule has 2 saturated heterocycles. The Hall–Kier alpha value is -1.26. The van der Waals surface area contributed by atoms with Crippen LogP contribution in [0.3, 0.4) is 0 Å². The molecule has 2 aliphatic rings. The highest BCUT2D eigenvalue weighted by molar-refractivity contribution is 5.71. The smallest absolute Gasteiger partial charge is 0.410 e. The molecule has 1 amide bonds. The standard InChI is InChI=1S/C8H11NO4/c10-7(11)3-5-1-2-9-4-6(5)13-8(9)12/h5-6H,1-4H2,(H,10,11)/t5?,6-/m1/s1. The zero-order valence-electron chi connectivity index (χ0n) is 7.10. The molecule has 1 unspecified atom stereocenters. The van der Waals surface area contributed by atoms with E-state index in [0.717, 1.165) is 6.42 Å². The Bertz CT molecular complexity index is 253. The molecule has 5 heteroatoms. The summed E-state index contributed by atoms with van der Waals surface area (Å²) in [7, 11) is 0. The molecule has 5 nitrogen and oxygen atoms in total. The van der Waals surface area contributed by atoms with Gasteiger partial charge in [-0.05, 0) is 6.42 Å². The summed E-state index contributed by atoms with van der Waals surface area (Å²) in [6, 6.07) is 0. The van der Waals surface area contributed by atoms with Crippen molar-refractivity contribution in [2.75, 3.05) is 13.1 Å². The van der Waals surface area contributed by atoms with Gasteiger partial charge in [0, 0.05) is 12.5 Å². The second-order valence-electron chi connectivity index (χ2n) is 3.51. The number of aliphatic carboxylic acids is 1. The number of nitrogens with zero attached hydrogens (tertiary/aromatic N) is 1. The Morgan fingerprint density at radius 3 is 3.15 bits per heavy atom. The van der Waals surface area contributed by atoms with Gasteiger partial charge in [-0.15, -0.1) is 0 Å². The molecule has 72 valence electrons. The zero-order valence-corrected chi connectivity index (χ0v) is 7.10. The molecular formula is C8H11NO4. The number of hydrogen-bond donors (Lipinski definition) is 1. The normalized spacial score (nSPS) is 31.7. The molecule has 2 fully saturated rings. The van der Waals surface area contributed by atoms with E-state index in [1.807, 2.05) is 0 Å². The summed E-state index contributed by atoms with van der Waals surface area (Å²) in [6.45, 7) is 1.20. The van der Waals surface area contributed by atoms with Crippen LogP contribution in [-0.4, -0.2) is 41.3 Å². The first kappa shape index (κ1) is 8.34. The van der Waals surface area contributed by atoms with Crippen molar-refractivity contribution in [3.8, 4) is 0 Å². The average Bonchev–Trinajstić information content (AvgIpc) is 2.34. The minimum atomic E-state index is -0.818. The van der Waals surface area contributed by atoms with Crippen LogP contribution in [0.1, 0.15) is 12.8 Å². The third-order valence-corrected chi connectivity index (χ3v) is 2.64. The van der Waals surface area contributed by atoms with Crippen LogP contribution < -0.4 is 0 Å². The van der Waals surface area contributed by atoms with Crippen LogP contribution in [0.25, 0.3) is 0 Å². The molecule has 0 spiro atoms. The van der Waals surface area contributed by atoms with E-state index in [1.54, 1.807) is 4.90 Å². The number of carbonyl (C=O) groups is 2. The zero-order chi connectivity index (χ0) is 9.42. The van der Waals surface area contributed by atoms with Gasteiger partial charge in [0.15, 0.2) is 0 Å². The lowest BCUT2D eigenvalue weighted by molar-refractivity contribution is -0.139. The summed E-state index contributed by atoms with van der Waals surface area (Å²) in [4.78, 5) is 23.1. The highest BCUT2D eigenvalue weighted by Crippen LogP contribution is 2.29. The highest BCUT2D eigenvalue weighted by atomic mass is 16.6. The molecule has 0 radical (unpaired) electrons. The molecule has 1 N–H and O–H groups in total. The summed E-state index contributed by atoms with van der Waals surface area (Å²) in [6.07, 6.45) is 0.351. The lowest BCUT2D eigenvalue weighted by Gasteiger charge is -2.25. The van der Waals surface area contributed by atoms with Gasteiger partial charge in [0.2, 0.25) is 0 Å². The van der Waals surface area contributed by atoms with Crippen LogP contribution in [0, 0.1) is 5.92 Å². The minimum Gasteiger partial charge on any atom is -0.481 e. The molecule has 0 aromatic heterocycles. The van der Waals surface area contributed by atoms with Crippen molar-refractivity contribution in [1.29, 1.82) is 0 Å². The van der Waals surface area contributed by atoms with Crippen LogP contribution in [0.2, 0.25) is 0 Å². The number of carbonyl (C=O) groups excluding carboxylic acids is 1. The molecule has 2 heterocycles. The molecule has 0 aromatic rings. The molecule has 2 bridgehead atoms. The first-order chi connectivity index (χ1) is 6.16. The first-order valence-corrected chi connectivity index (χ1v) is 4.34. The maximum absolute atomic E-state index is 11.0. The topological polar surface area (TPSA) is 66.8 Å². The van der Waals surface area contributed by atoms with E-state index in [-0.39, 0.29) is 24.5 Å². The summed E-state index contributed by atoms with van der Waals surface area (Å²) < 4.78 is 5.02. The first-order valence-electron chi connectivity index (χ1n) is 4.34. The quantitative estimate of drug-likeness (QED) is 0.672. The molecule has 2 aliphatic heterocycles. The van der Waals surface area contributed by atoms with Gasteiger partial charge in [-0.2, -0.15) is 0 Å². The Balaban J connectivity index is 2.01. The van der Waals surface area contributed by atoms with Crippen LogP contribution >= 0.6 is 0 Å². The number of carboxylic acids is 1. The monoisotopic (exact) mass is 185 g/mol. The van der Waals surface area contributed by atoms with E-state index in [0.29, 0.717) is 13.1 Å². The van der Waals surface area contributed by atoms with Gasteiger partial charge in [-0.3, -0.25) is 4.79 Å². The number of amides is 1. The van der Waals surface area contributed by atoms with Crippen LogP contribution in [-0.2, 0) is 9.53 Å². The number of carboxylic acid groups (broad SMARTS) is 1. The van der Waals surface area contributed by atoms with E-state index in [9.17, 15) is 9.59 Å². The van der Waals surface area contributed by atoms with Crippen LogP contribution in [0.15, 0.2) is 0 Å². The fourth-order valence-corrected chi connectivity index (χ4v) is 1.93. The van der Waals surface area contributed by atoms with Crippen molar-refractivity contribution in [3.63, 3.8) is 0 Å². The third-order valence-electron chi connectivity index (χ3n) is 2.64. The molecule has 2 atom stereocenters. The summed E-state index contributed by atoms with van der Waals surface area (Å²) in [5.74, 6) is -0.818. The number of hydrogen-bond acceptors (Lipinski definition) is 3. The van der Waals surface area contributed by atoms with Gasteiger partial charge in [-0.25, -0.2) is 4.79 Å². The molecule has 2 rings (SSSR count). The largest absolute Gasteiger partial charge is 0.481 e. The van der Waals surface area contributed by atoms with Crippen LogP contribution in [0.5, 0.6) is 0 Å². The van der Waals surface area contributed by atoms with E-state index < -0.39 is 5.97 Å². The van der Waals surface area contributed by atoms with Crippen molar-refractivity contribution < 1.29 is 19.4 Å². The summed E-state index contributed by atoms with van der Waals surface area (Å²) >= 11 is 0. The molecule has 0 aliphatic carbocycles. The predicted molar refractivity (Wildman–Crippen MR) is 42.2 cm³/mol. The minimum absolute atomic E-state index is 0.000185. The van der Waals surface area contributed by atoms with E-state index in [4.69, 9.17) is 9.84 Å². The van der Waals surface area contributed by atoms with Gasteiger partial charge in [0.05, 0.1) is 13.0 Å². The third kappa shape index (κ3) is 1.46. The Morgan fingerprint density at radius 2 is 2.46 bits per heavy atom. The predicted octanol–water partition coefficient (Wildman–Crippen LogP) is 0.302.